The highest BCUT2D eigenvalue weighted by atomic mass is 16.6. The van der Waals surface area contributed by atoms with Gasteiger partial charge in [-0.05, 0) is 59.2 Å². The van der Waals surface area contributed by atoms with Gasteiger partial charge in [-0.15, -0.1) is 0 Å². The Labute approximate surface area is 275 Å². The molecule has 0 aromatic rings. The number of hydrogen-bond acceptors (Lipinski definition) is 5. The molecule has 262 valence electrons. The molecule has 0 saturated carbocycles. The van der Waals surface area contributed by atoms with Gasteiger partial charge in [0.2, 0.25) is 0 Å². The van der Waals surface area contributed by atoms with Crippen molar-refractivity contribution in [3.8, 4) is 0 Å². The molecule has 0 radical (unpaired) electrons. The van der Waals surface area contributed by atoms with E-state index in [1.54, 1.807) is 0 Å². The predicted molar refractivity (Wildman–Crippen MR) is 189 cm³/mol. The van der Waals surface area contributed by atoms with Crippen molar-refractivity contribution >= 4 is 11.9 Å². The van der Waals surface area contributed by atoms with Crippen LogP contribution in [0.1, 0.15) is 201 Å². The van der Waals surface area contributed by atoms with Crippen LogP contribution in [0.25, 0.3) is 0 Å². The van der Waals surface area contributed by atoms with Crippen LogP contribution in [0.4, 0.5) is 0 Å². The Bertz CT molecular complexity index is 623. The van der Waals surface area contributed by atoms with Crippen LogP contribution in [0.15, 0.2) is 0 Å². The van der Waals surface area contributed by atoms with Crippen molar-refractivity contribution in [2.45, 2.75) is 207 Å². The van der Waals surface area contributed by atoms with E-state index in [1.807, 2.05) is 0 Å². The molecule has 44 heavy (non-hydrogen) atoms. The number of unbranched alkanes of at least 4 members (excludes halogenated alkanes) is 20. The van der Waals surface area contributed by atoms with E-state index in [9.17, 15) is 9.59 Å². The largest absolute Gasteiger partial charge is 0.462 e. The van der Waals surface area contributed by atoms with Gasteiger partial charge in [0.25, 0.3) is 0 Å². The van der Waals surface area contributed by atoms with Crippen molar-refractivity contribution in [3.63, 3.8) is 0 Å². The van der Waals surface area contributed by atoms with Gasteiger partial charge in [0.05, 0.1) is 5.92 Å². The monoisotopic (exact) mass is 624 g/mol. The lowest BCUT2D eigenvalue weighted by Gasteiger charge is -2.21. The first kappa shape index (κ1) is 42.9. The highest BCUT2D eigenvalue weighted by Gasteiger charge is 2.22. The molecule has 0 spiro atoms. The Morgan fingerprint density at radius 2 is 0.932 bits per heavy atom. The van der Waals surface area contributed by atoms with Gasteiger partial charge in [0.15, 0.2) is 0 Å². The van der Waals surface area contributed by atoms with Crippen LogP contribution in [0.3, 0.4) is 0 Å². The molecule has 0 aliphatic carbocycles. The van der Waals surface area contributed by atoms with Gasteiger partial charge >= 0.3 is 11.9 Å². The molecule has 5 heteroatoms. The summed E-state index contributed by atoms with van der Waals surface area (Å²) in [5.74, 6) is -0.244. The van der Waals surface area contributed by atoms with Crippen LogP contribution in [-0.4, -0.2) is 50.2 Å². The number of hydrogen-bond donors (Lipinski definition) is 0. The minimum absolute atomic E-state index is 0.0220. The molecule has 0 heterocycles. The fourth-order valence-corrected chi connectivity index (χ4v) is 5.99. The summed E-state index contributed by atoms with van der Waals surface area (Å²) in [4.78, 5) is 28.0. The van der Waals surface area contributed by atoms with Crippen molar-refractivity contribution in [1.82, 2.24) is 4.90 Å². The van der Waals surface area contributed by atoms with E-state index in [0.717, 1.165) is 77.2 Å². The standard InChI is InChI=1S/C39H77NO4/c1-6-9-12-14-16-17-18-19-20-22-24-27-32-37(44-38(41)33-28-29-34-40(4)5)35-43-39(42)36(30-25-11-8-3)31-26-23-21-15-13-10-7-2/h36-37H,6-35H2,1-5H3. The summed E-state index contributed by atoms with van der Waals surface area (Å²) in [7, 11) is 4.11. The van der Waals surface area contributed by atoms with Crippen LogP contribution < -0.4 is 0 Å². The summed E-state index contributed by atoms with van der Waals surface area (Å²) in [5.41, 5.74) is 0. The Balaban J connectivity index is 4.66. The smallest absolute Gasteiger partial charge is 0.309 e. The first-order chi connectivity index (χ1) is 21.4. The Morgan fingerprint density at radius 3 is 1.41 bits per heavy atom. The molecule has 0 N–H and O–H groups in total. The van der Waals surface area contributed by atoms with Gasteiger partial charge < -0.3 is 14.4 Å². The summed E-state index contributed by atoms with van der Waals surface area (Å²) in [5, 5.41) is 0. The molecule has 5 nitrogen and oxygen atoms in total. The summed E-state index contributed by atoms with van der Waals surface area (Å²) >= 11 is 0. The molecule has 0 aliphatic rings. The van der Waals surface area contributed by atoms with Crippen molar-refractivity contribution in [2.24, 2.45) is 5.92 Å². The number of carbonyl (C=O) groups is 2. The van der Waals surface area contributed by atoms with Gasteiger partial charge in [-0.2, -0.15) is 0 Å². The van der Waals surface area contributed by atoms with E-state index in [4.69, 9.17) is 9.47 Å². The minimum Gasteiger partial charge on any atom is -0.462 e. The normalized spacial score (nSPS) is 12.9. The number of carbonyl (C=O) groups excluding carboxylic acids is 2. The summed E-state index contributed by atoms with van der Waals surface area (Å²) in [6.45, 7) is 7.92. The van der Waals surface area contributed by atoms with Crippen molar-refractivity contribution in [2.75, 3.05) is 27.2 Å². The SMILES string of the molecule is CCCCCCCCCCCCCCC(COC(=O)C(CCCCC)CCCCCCCCC)OC(=O)CCCCN(C)C. The van der Waals surface area contributed by atoms with Gasteiger partial charge in [-0.3, -0.25) is 9.59 Å². The van der Waals surface area contributed by atoms with E-state index in [0.29, 0.717) is 6.42 Å². The highest BCUT2D eigenvalue weighted by Crippen LogP contribution is 2.21. The number of nitrogens with zero attached hydrogens (tertiary/aromatic N) is 1. The van der Waals surface area contributed by atoms with Gasteiger partial charge in [0, 0.05) is 6.42 Å². The molecule has 0 aromatic heterocycles. The number of ether oxygens (including phenoxy) is 2. The van der Waals surface area contributed by atoms with Gasteiger partial charge in [0.1, 0.15) is 12.7 Å². The summed E-state index contributed by atoms with van der Waals surface area (Å²) in [6, 6.07) is 0. The van der Waals surface area contributed by atoms with Crippen LogP contribution in [0.2, 0.25) is 0 Å². The third-order valence-electron chi connectivity index (χ3n) is 8.97. The predicted octanol–water partition coefficient (Wildman–Crippen LogP) is 11.6. The fraction of sp³-hybridized carbons (Fsp3) is 0.949. The zero-order valence-corrected chi connectivity index (χ0v) is 30.4. The van der Waals surface area contributed by atoms with E-state index >= 15 is 0 Å². The second-order valence-electron chi connectivity index (χ2n) is 13.8. The maximum absolute atomic E-state index is 13.2. The Morgan fingerprint density at radius 1 is 0.523 bits per heavy atom. The summed E-state index contributed by atoms with van der Waals surface area (Å²) < 4.78 is 11.8. The number of rotatable bonds is 34. The maximum Gasteiger partial charge on any atom is 0.309 e. The molecule has 2 unspecified atom stereocenters. The fourth-order valence-electron chi connectivity index (χ4n) is 5.99. The molecule has 0 saturated heterocycles. The molecule has 2 atom stereocenters. The third-order valence-corrected chi connectivity index (χ3v) is 8.97. The van der Waals surface area contributed by atoms with Crippen molar-refractivity contribution in [1.29, 1.82) is 0 Å². The highest BCUT2D eigenvalue weighted by molar-refractivity contribution is 5.72. The lowest BCUT2D eigenvalue weighted by atomic mass is 9.94. The lowest BCUT2D eigenvalue weighted by Crippen LogP contribution is -2.28. The maximum atomic E-state index is 13.2. The zero-order valence-electron chi connectivity index (χ0n) is 30.4. The molecule has 0 amide bonds. The molecule has 0 fully saturated rings. The molecule has 0 aromatic carbocycles. The number of esters is 2. The quantitative estimate of drug-likeness (QED) is 0.0527. The second kappa shape index (κ2) is 33.3. The third kappa shape index (κ3) is 29.6. The van der Waals surface area contributed by atoms with E-state index in [-0.39, 0.29) is 30.6 Å². The van der Waals surface area contributed by atoms with Gasteiger partial charge in [-0.25, -0.2) is 0 Å². The van der Waals surface area contributed by atoms with E-state index in [1.165, 1.54) is 103 Å². The van der Waals surface area contributed by atoms with Crippen LogP contribution in [0, 0.1) is 5.92 Å². The first-order valence-electron chi connectivity index (χ1n) is 19.4. The van der Waals surface area contributed by atoms with Crippen molar-refractivity contribution < 1.29 is 19.1 Å². The second-order valence-corrected chi connectivity index (χ2v) is 13.8. The van der Waals surface area contributed by atoms with Gasteiger partial charge in [-0.1, -0.05) is 156 Å². The average molecular weight is 624 g/mol. The topological polar surface area (TPSA) is 55.8 Å². The van der Waals surface area contributed by atoms with Crippen LogP contribution in [0.5, 0.6) is 0 Å². The zero-order chi connectivity index (χ0) is 32.5. The van der Waals surface area contributed by atoms with Crippen LogP contribution >= 0.6 is 0 Å². The lowest BCUT2D eigenvalue weighted by molar-refractivity contribution is -0.162. The molecular formula is C39H77NO4. The van der Waals surface area contributed by atoms with E-state index in [2.05, 4.69) is 39.8 Å². The van der Waals surface area contributed by atoms with Crippen molar-refractivity contribution in [3.05, 3.63) is 0 Å². The van der Waals surface area contributed by atoms with E-state index < -0.39 is 0 Å². The summed E-state index contributed by atoms with van der Waals surface area (Å²) in [6.07, 6.45) is 32.4. The average Bonchev–Trinajstić information content (AvgIpc) is 3.00. The molecule has 0 bridgehead atoms. The Kier molecular flexibility index (Phi) is 32.4. The molecular weight excluding hydrogens is 546 g/mol. The minimum atomic E-state index is -0.321. The Hall–Kier alpha value is -1.10. The molecule has 0 rings (SSSR count). The molecule has 0 aliphatic heterocycles. The first-order valence-corrected chi connectivity index (χ1v) is 19.4. The van der Waals surface area contributed by atoms with Crippen LogP contribution in [-0.2, 0) is 19.1 Å².